The number of aldehydes is 1. The summed E-state index contributed by atoms with van der Waals surface area (Å²) in [7, 11) is 0. The lowest BCUT2D eigenvalue weighted by molar-refractivity contribution is 0.112. The van der Waals surface area contributed by atoms with Crippen LogP contribution < -0.4 is 0 Å². The highest BCUT2D eigenvalue weighted by Gasteiger charge is 2.09. The van der Waals surface area contributed by atoms with Gasteiger partial charge in [0, 0.05) is 10.6 Å². The topological polar surface area (TPSA) is 37.3 Å². The molecule has 1 N–H and O–H groups in total. The number of carbonyl (C=O) groups excluding carboxylic acids is 1. The molecule has 0 aliphatic carbocycles. The minimum absolute atomic E-state index is 0.0116. The van der Waals surface area contributed by atoms with Crippen LogP contribution in [0, 0.1) is 6.92 Å². The predicted octanol–water partition coefficient (Wildman–Crippen LogP) is 3.83. The number of aromatic hydroxyl groups is 1. The number of para-hydroxylation sites is 1. The number of hydrogen-bond acceptors (Lipinski definition) is 2. The summed E-state index contributed by atoms with van der Waals surface area (Å²) in [6.45, 7) is 1.91. The van der Waals surface area contributed by atoms with Gasteiger partial charge in [0.1, 0.15) is 5.75 Å². The molecule has 17 heavy (non-hydrogen) atoms. The summed E-state index contributed by atoms with van der Waals surface area (Å²) in [4.78, 5) is 10.7. The van der Waals surface area contributed by atoms with Gasteiger partial charge in [-0.2, -0.15) is 0 Å². The summed E-state index contributed by atoms with van der Waals surface area (Å²) in [5.41, 5.74) is 2.65. The number of phenolic OH excluding ortho intramolecular Hbond substituents is 1. The molecule has 0 aliphatic heterocycles. The van der Waals surface area contributed by atoms with E-state index in [2.05, 4.69) is 0 Å². The Hall–Kier alpha value is -1.80. The maximum Gasteiger partial charge on any atom is 0.153 e. The van der Waals surface area contributed by atoms with Gasteiger partial charge in [-0.15, -0.1) is 0 Å². The molecule has 0 atom stereocenters. The smallest absolute Gasteiger partial charge is 0.153 e. The van der Waals surface area contributed by atoms with Crippen LogP contribution in [0.3, 0.4) is 0 Å². The molecule has 2 rings (SSSR count). The number of halogens is 1. The molecule has 0 unspecified atom stereocenters. The van der Waals surface area contributed by atoms with Crippen LogP contribution in [0.15, 0.2) is 36.4 Å². The number of hydrogen-bond donors (Lipinski definition) is 1. The molecule has 0 fully saturated rings. The molecule has 0 radical (unpaired) electrons. The van der Waals surface area contributed by atoms with Gasteiger partial charge in [0.2, 0.25) is 0 Å². The molecule has 0 saturated carbocycles. The number of benzene rings is 2. The van der Waals surface area contributed by atoms with Crippen LogP contribution in [0.4, 0.5) is 0 Å². The van der Waals surface area contributed by atoms with Gasteiger partial charge in [0.25, 0.3) is 0 Å². The third kappa shape index (κ3) is 2.17. The van der Waals surface area contributed by atoms with E-state index >= 15 is 0 Å². The van der Waals surface area contributed by atoms with Crippen molar-refractivity contribution in [2.45, 2.75) is 6.92 Å². The number of phenols is 1. The van der Waals surface area contributed by atoms with E-state index in [1.807, 2.05) is 19.1 Å². The fraction of sp³-hybridized carbons (Fsp3) is 0.0714. The largest absolute Gasteiger partial charge is 0.507 e. The highest BCUT2D eigenvalue weighted by atomic mass is 35.5. The molecule has 2 aromatic rings. The van der Waals surface area contributed by atoms with Crippen molar-refractivity contribution in [2.75, 3.05) is 0 Å². The second-order valence-electron chi connectivity index (χ2n) is 3.83. The first-order valence-corrected chi connectivity index (χ1v) is 5.55. The van der Waals surface area contributed by atoms with Crippen LogP contribution in [0.1, 0.15) is 15.9 Å². The van der Waals surface area contributed by atoms with Crippen LogP contribution in [0.5, 0.6) is 5.75 Å². The standard InChI is InChI=1S/C14H11ClO2/c1-9-5-6-10(7-13(9)15)12-4-2-3-11(8-16)14(12)17/h2-8,17H,1H3. The molecule has 3 heteroatoms. The van der Waals surface area contributed by atoms with Crippen LogP contribution in [0.2, 0.25) is 5.02 Å². The second-order valence-corrected chi connectivity index (χ2v) is 4.23. The Morgan fingerprint density at radius 3 is 2.65 bits per heavy atom. The molecule has 0 amide bonds. The molecule has 86 valence electrons. The molecule has 2 nitrogen and oxygen atoms in total. The Bertz CT molecular complexity index is 576. The van der Waals surface area contributed by atoms with E-state index < -0.39 is 0 Å². The van der Waals surface area contributed by atoms with Gasteiger partial charge in [0.05, 0.1) is 5.56 Å². The molecule has 0 aliphatic rings. The zero-order chi connectivity index (χ0) is 12.4. The molecule has 0 aromatic heterocycles. The van der Waals surface area contributed by atoms with Crippen LogP contribution in [0.25, 0.3) is 11.1 Å². The van der Waals surface area contributed by atoms with Crippen LogP contribution in [-0.2, 0) is 0 Å². The first-order valence-electron chi connectivity index (χ1n) is 5.17. The summed E-state index contributed by atoms with van der Waals surface area (Å²) >= 11 is 6.04. The van der Waals surface area contributed by atoms with Gasteiger partial charge in [-0.1, -0.05) is 35.9 Å². The first kappa shape index (κ1) is 11.7. The summed E-state index contributed by atoms with van der Waals surface area (Å²) < 4.78 is 0. The minimum atomic E-state index is -0.0116. The van der Waals surface area contributed by atoms with Crippen LogP contribution >= 0.6 is 11.6 Å². The van der Waals surface area contributed by atoms with Gasteiger partial charge in [-0.3, -0.25) is 4.79 Å². The van der Waals surface area contributed by atoms with Gasteiger partial charge in [-0.05, 0) is 30.2 Å². The van der Waals surface area contributed by atoms with Crippen molar-refractivity contribution >= 4 is 17.9 Å². The lowest BCUT2D eigenvalue weighted by Crippen LogP contribution is -1.86. The Labute approximate surface area is 104 Å². The fourth-order valence-electron chi connectivity index (χ4n) is 1.65. The van der Waals surface area contributed by atoms with E-state index in [-0.39, 0.29) is 11.3 Å². The summed E-state index contributed by atoms with van der Waals surface area (Å²) in [5, 5.41) is 10.6. The van der Waals surface area contributed by atoms with Crippen molar-refractivity contribution < 1.29 is 9.90 Å². The first-order chi connectivity index (χ1) is 8.13. The fourth-order valence-corrected chi connectivity index (χ4v) is 1.83. The maximum atomic E-state index is 10.7. The molecule has 0 heterocycles. The molecular weight excluding hydrogens is 236 g/mol. The molecular formula is C14H11ClO2. The van der Waals surface area contributed by atoms with Crippen molar-refractivity contribution in [2.24, 2.45) is 0 Å². The Morgan fingerprint density at radius 2 is 2.00 bits per heavy atom. The monoisotopic (exact) mass is 246 g/mol. The summed E-state index contributed by atoms with van der Waals surface area (Å²) in [6.07, 6.45) is 0.634. The van der Waals surface area contributed by atoms with E-state index in [9.17, 15) is 9.90 Å². The van der Waals surface area contributed by atoms with Crippen LogP contribution in [-0.4, -0.2) is 11.4 Å². The lowest BCUT2D eigenvalue weighted by atomic mass is 10.0. The van der Waals surface area contributed by atoms with E-state index in [0.29, 0.717) is 16.9 Å². The number of carbonyl (C=O) groups is 1. The quantitative estimate of drug-likeness (QED) is 0.818. The Morgan fingerprint density at radius 1 is 1.24 bits per heavy atom. The second kappa shape index (κ2) is 4.60. The maximum absolute atomic E-state index is 10.7. The Kier molecular flexibility index (Phi) is 3.16. The lowest BCUT2D eigenvalue weighted by Gasteiger charge is -2.08. The zero-order valence-electron chi connectivity index (χ0n) is 9.27. The molecule has 0 spiro atoms. The minimum Gasteiger partial charge on any atom is -0.507 e. The van der Waals surface area contributed by atoms with Gasteiger partial charge >= 0.3 is 0 Å². The molecule has 2 aromatic carbocycles. The van der Waals surface area contributed by atoms with E-state index in [1.54, 1.807) is 24.3 Å². The third-order valence-electron chi connectivity index (χ3n) is 2.68. The molecule has 0 saturated heterocycles. The predicted molar refractivity (Wildman–Crippen MR) is 68.7 cm³/mol. The van der Waals surface area contributed by atoms with Crippen molar-refractivity contribution in [3.05, 3.63) is 52.5 Å². The SMILES string of the molecule is Cc1ccc(-c2cccc(C=O)c2O)cc1Cl. The van der Waals surface area contributed by atoms with Gasteiger partial charge in [-0.25, -0.2) is 0 Å². The summed E-state index contributed by atoms with van der Waals surface area (Å²) in [5.74, 6) is -0.0116. The molecule has 0 bridgehead atoms. The van der Waals surface area contributed by atoms with Gasteiger partial charge in [0.15, 0.2) is 6.29 Å². The van der Waals surface area contributed by atoms with Crippen molar-refractivity contribution in [1.29, 1.82) is 0 Å². The normalized spacial score (nSPS) is 10.2. The van der Waals surface area contributed by atoms with E-state index in [1.165, 1.54) is 0 Å². The highest BCUT2D eigenvalue weighted by Crippen LogP contribution is 2.33. The average molecular weight is 247 g/mol. The number of aryl methyl sites for hydroxylation is 1. The summed E-state index contributed by atoms with van der Waals surface area (Å²) in [6, 6.07) is 10.6. The average Bonchev–Trinajstić information content (AvgIpc) is 2.33. The Balaban J connectivity index is 2.60. The zero-order valence-corrected chi connectivity index (χ0v) is 10.0. The number of rotatable bonds is 2. The van der Waals surface area contributed by atoms with Gasteiger partial charge < -0.3 is 5.11 Å². The van der Waals surface area contributed by atoms with Crippen molar-refractivity contribution in [3.63, 3.8) is 0 Å². The highest BCUT2D eigenvalue weighted by molar-refractivity contribution is 6.31. The third-order valence-corrected chi connectivity index (χ3v) is 3.08. The van der Waals surface area contributed by atoms with E-state index in [0.717, 1.165) is 11.1 Å². The van der Waals surface area contributed by atoms with Crippen molar-refractivity contribution in [3.8, 4) is 16.9 Å². The van der Waals surface area contributed by atoms with Crippen molar-refractivity contribution in [1.82, 2.24) is 0 Å². The van der Waals surface area contributed by atoms with E-state index in [4.69, 9.17) is 11.6 Å².